The van der Waals surface area contributed by atoms with Gasteiger partial charge in [-0.1, -0.05) is 24.3 Å². The van der Waals surface area contributed by atoms with Gasteiger partial charge >= 0.3 is 11.9 Å². The van der Waals surface area contributed by atoms with Crippen LogP contribution in [0.1, 0.15) is 27.6 Å². The van der Waals surface area contributed by atoms with Crippen LogP contribution in [0.25, 0.3) is 0 Å². The Morgan fingerprint density at radius 2 is 1.61 bits per heavy atom. The number of hydrogen-bond donors (Lipinski definition) is 0. The third kappa shape index (κ3) is 2.40. The average molecular weight is 309 g/mol. The predicted molar refractivity (Wildman–Crippen MR) is 80.3 cm³/mol. The maximum Gasteiger partial charge on any atom is 0.308 e. The van der Waals surface area contributed by atoms with E-state index in [0.29, 0.717) is 0 Å². The largest absolute Gasteiger partial charge is 0.426 e. The van der Waals surface area contributed by atoms with Crippen LogP contribution < -0.4 is 9.64 Å². The topological polar surface area (TPSA) is 80.8 Å². The summed E-state index contributed by atoms with van der Waals surface area (Å²) in [6, 6.07) is 12.3. The van der Waals surface area contributed by atoms with Crippen molar-refractivity contribution in [3.8, 4) is 5.75 Å². The lowest BCUT2D eigenvalue weighted by Crippen LogP contribution is -2.36. The first-order chi connectivity index (χ1) is 11.0. The van der Waals surface area contributed by atoms with E-state index in [9.17, 15) is 19.2 Å². The number of fused-ring (bicyclic) bond motifs is 1. The Balaban J connectivity index is 2.07. The van der Waals surface area contributed by atoms with Gasteiger partial charge in [-0.2, -0.15) is 0 Å². The summed E-state index contributed by atoms with van der Waals surface area (Å²) in [6.45, 7) is 1.21. The van der Waals surface area contributed by atoms with Crippen molar-refractivity contribution in [2.45, 2.75) is 6.92 Å². The summed E-state index contributed by atoms with van der Waals surface area (Å²) in [5.74, 6) is -2.93. The van der Waals surface area contributed by atoms with Crippen molar-refractivity contribution < 1.29 is 23.9 Å². The number of esters is 1. The van der Waals surface area contributed by atoms with Gasteiger partial charge in [-0.05, 0) is 24.3 Å². The van der Waals surface area contributed by atoms with Gasteiger partial charge in [0.25, 0.3) is 11.7 Å². The Hall–Kier alpha value is -3.28. The van der Waals surface area contributed by atoms with E-state index in [1.54, 1.807) is 24.3 Å². The number of Topliss-reactive ketones (excluding diaryl/α,β-unsaturated/α-hetero) is 1. The van der Waals surface area contributed by atoms with Gasteiger partial charge in [-0.15, -0.1) is 0 Å². The Labute approximate surface area is 131 Å². The molecule has 114 valence electrons. The lowest BCUT2D eigenvalue weighted by atomic mass is 10.1. The van der Waals surface area contributed by atoms with E-state index in [1.165, 1.54) is 31.2 Å². The smallest absolute Gasteiger partial charge is 0.308 e. The molecular formula is C17H11NO5. The zero-order chi connectivity index (χ0) is 16.6. The van der Waals surface area contributed by atoms with E-state index in [-0.39, 0.29) is 22.6 Å². The molecule has 23 heavy (non-hydrogen) atoms. The molecule has 0 atom stereocenters. The predicted octanol–water partition coefficient (Wildman–Crippen LogP) is 1.98. The van der Waals surface area contributed by atoms with Crippen LogP contribution >= 0.6 is 0 Å². The Bertz CT molecular complexity index is 856. The molecule has 6 heteroatoms. The van der Waals surface area contributed by atoms with Crippen LogP contribution in [-0.4, -0.2) is 23.6 Å². The highest BCUT2D eigenvalue weighted by Crippen LogP contribution is 2.31. The van der Waals surface area contributed by atoms with Gasteiger partial charge in [0.1, 0.15) is 5.75 Å². The van der Waals surface area contributed by atoms with Gasteiger partial charge < -0.3 is 4.74 Å². The molecule has 2 amide bonds. The lowest BCUT2D eigenvalue weighted by Gasteiger charge is -2.16. The number of anilines is 1. The molecule has 0 saturated heterocycles. The molecule has 0 aromatic heterocycles. The van der Waals surface area contributed by atoms with Crippen molar-refractivity contribution in [2.75, 3.05) is 4.90 Å². The Kier molecular flexibility index (Phi) is 3.50. The van der Waals surface area contributed by atoms with E-state index in [4.69, 9.17) is 4.74 Å². The summed E-state index contributed by atoms with van der Waals surface area (Å²) >= 11 is 0. The molecule has 1 heterocycles. The van der Waals surface area contributed by atoms with Gasteiger partial charge in [0.05, 0.1) is 16.8 Å². The molecule has 6 nitrogen and oxygen atoms in total. The van der Waals surface area contributed by atoms with Gasteiger partial charge in [-0.3, -0.25) is 19.2 Å². The van der Waals surface area contributed by atoms with Gasteiger partial charge in [0.2, 0.25) is 0 Å². The SMILES string of the molecule is CC(=O)Oc1ccccc1C(=O)N1C(=O)C(=O)c2ccccc21. The van der Waals surface area contributed by atoms with Crippen molar-refractivity contribution in [1.82, 2.24) is 0 Å². The number of ketones is 1. The second kappa shape index (κ2) is 5.49. The number of hydrogen-bond acceptors (Lipinski definition) is 5. The number of rotatable bonds is 2. The molecule has 0 fully saturated rings. The first kappa shape index (κ1) is 14.6. The van der Waals surface area contributed by atoms with Crippen molar-refractivity contribution >= 4 is 29.3 Å². The standard InChI is InChI=1S/C17H11NO5/c1-10(19)23-14-9-5-3-7-12(14)16(21)18-13-8-4-2-6-11(13)15(20)17(18)22/h2-9H,1H3. The summed E-state index contributed by atoms with van der Waals surface area (Å²) in [5, 5.41) is 0. The molecule has 3 rings (SSSR count). The van der Waals surface area contributed by atoms with Gasteiger partial charge in [-0.25, -0.2) is 4.90 Å². The monoisotopic (exact) mass is 309 g/mol. The normalized spacial score (nSPS) is 13.0. The van der Waals surface area contributed by atoms with E-state index in [0.717, 1.165) is 4.90 Å². The van der Waals surface area contributed by atoms with E-state index >= 15 is 0 Å². The first-order valence-corrected chi connectivity index (χ1v) is 6.80. The summed E-state index contributed by atoms with van der Waals surface area (Å²) in [7, 11) is 0. The van der Waals surface area contributed by atoms with Crippen molar-refractivity contribution in [2.24, 2.45) is 0 Å². The van der Waals surface area contributed by atoms with E-state index in [2.05, 4.69) is 0 Å². The number of nitrogens with zero attached hydrogens (tertiary/aromatic N) is 1. The molecule has 1 aliphatic rings. The molecule has 0 aliphatic carbocycles. The Morgan fingerprint density at radius 1 is 0.957 bits per heavy atom. The lowest BCUT2D eigenvalue weighted by molar-refractivity contribution is -0.131. The summed E-state index contributed by atoms with van der Waals surface area (Å²) < 4.78 is 4.99. The van der Waals surface area contributed by atoms with Crippen molar-refractivity contribution in [1.29, 1.82) is 0 Å². The van der Waals surface area contributed by atoms with Crippen LogP contribution in [0, 0.1) is 0 Å². The van der Waals surface area contributed by atoms with Crippen molar-refractivity contribution in [3.05, 3.63) is 59.7 Å². The number of carbonyl (C=O) groups is 4. The second-order valence-electron chi connectivity index (χ2n) is 4.88. The fraction of sp³-hybridized carbons (Fsp3) is 0.0588. The van der Waals surface area contributed by atoms with Crippen LogP contribution in [0.4, 0.5) is 5.69 Å². The summed E-state index contributed by atoms with van der Waals surface area (Å²) in [5.41, 5.74) is 0.432. The molecule has 2 aromatic rings. The second-order valence-corrected chi connectivity index (χ2v) is 4.88. The highest BCUT2D eigenvalue weighted by molar-refractivity contribution is 6.57. The molecule has 0 spiro atoms. The molecular weight excluding hydrogens is 298 g/mol. The third-order valence-corrected chi connectivity index (χ3v) is 3.36. The number of ether oxygens (including phenoxy) is 1. The number of imide groups is 1. The van der Waals surface area contributed by atoms with Crippen LogP contribution in [0.5, 0.6) is 5.75 Å². The highest BCUT2D eigenvalue weighted by Gasteiger charge is 2.40. The molecule has 0 saturated carbocycles. The number of benzene rings is 2. The first-order valence-electron chi connectivity index (χ1n) is 6.80. The highest BCUT2D eigenvalue weighted by atomic mass is 16.5. The van der Waals surface area contributed by atoms with Gasteiger partial charge in [0.15, 0.2) is 0 Å². The minimum absolute atomic E-state index is 0.0283. The van der Waals surface area contributed by atoms with Crippen molar-refractivity contribution in [3.63, 3.8) is 0 Å². The minimum Gasteiger partial charge on any atom is -0.426 e. The van der Waals surface area contributed by atoms with Crippen LogP contribution in [0.3, 0.4) is 0 Å². The molecule has 0 unspecified atom stereocenters. The van der Waals surface area contributed by atoms with Crippen LogP contribution in [-0.2, 0) is 9.59 Å². The minimum atomic E-state index is -0.922. The van der Waals surface area contributed by atoms with Gasteiger partial charge in [0, 0.05) is 6.92 Å². The molecule has 1 aliphatic heterocycles. The number of carbonyl (C=O) groups excluding carboxylic acids is 4. The zero-order valence-electron chi connectivity index (χ0n) is 12.1. The summed E-state index contributed by atoms with van der Waals surface area (Å²) in [6.07, 6.45) is 0. The summed E-state index contributed by atoms with van der Waals surface area (Å²) in [4.78, 5) is 48.8. The maximum atomic E-state index is 12.7. The third-order valence-electron chi connectivity index (χ3n) is 3.36. The molecule has 0 N–H and O–H groups in total. The quantitative estimate of drug-likeness (QED) is 0.367. The number of amides is 2. The molecule has 0 bridgehead atoms. The average Bonchev–Trinajstić information content (AvgIpc) is 2.79. The van der Waals surface area contributed by atoms with Crippen LogP contribution in [0.2, 0.25) is 0 Å². The van der Waals surface area contributed by atoms with E-state index in [1.807, 2.05) is 0 Å². The van der Waals surface area contributed by atoms with Crippen LogP contribution in [0.15, 0.2) is 48.5 Å². The molecule has 0 radical (unpaired) electrons. The number of para-hydroxylation sites is 2. The fourth-order valence-electron chi connectivity index (χ4n) is 2.40. The zero-order valence-corrected chi connectivity index (χ0v) is 12.1. The maximum absolute atomic E-state index is 12.7. The Morgan fingerprint density at radius 3 is 2.35 bits per heavy atom. The molecule has 2 aromatic carbocycles. The fourth-order valence-corrected chi connectivity index (χ4v) is 2.40. The van der Waals surface area contributed by atoms with E-state index < -0.39 is 23.6 Å².